The first-order valence-electron chi connectivity index (χ1n) is 5.64. The van der Waals surface area contributed by atoms with Crippen molar-refractivity contribution in [1.29, 1.82) is 0 Å². The predicted octanol–water partition coefficient (Wildman–Crippen LogP) is 1.73. The molecule has 2 unspecified atom stereocenters. The number of pyridine rings is 1. The molecule has 0 radical (unpaired) electrons. The average Bonchev–Trinajstić information content (AvgIpc) is 2.78. The molecule has 1 aromatic heterocycles. The smallest absolute Gasteiger partial charge is 0.272 e. The molecule has 0 spiro atoms. The fourth-order valence-corrected chi connectivity index (χ4v) is 2.05. The highest BCUT2D eigenvalue weighted by Crippen LogP contribution is 2.19. The molecular formula is C12H19Cl2N3O. The number of nitrogens with zero attached hydrogens (tertiary/aromatic N) is 2. The number of amides is 1. The number of carbonyl (C=O) groups excluding carboxylic acids is 1. The zero-order valence-corrected chi connectivity index (χ0v) is 11.9. The Balaban J connectivity index is 0.00000144. The lowest BCUT2D eigenvalue weighted by molar-refractivity contribution is 0.0780. The third-order valence-electron chi connectivity index (χ3n) is 3.14. The molecule has 6 heteroatoms. The topological polar surface area (TPSA) is 59.2 Å². The second-order valence-corrected chi connectivity index (χ2v) is 4.37. The summed E-state index contributed by atoms with van der Waals surface area (Å²) in [5.41, 5.74) is 6.37. The van der Waals surface area contributed by atoms with E-state index in [0.717, 1.165) is 19.5 Å². The van der Waals surface area contributed by atoms with Crippen molar-refractivity contribution < 1.29 is 4.79 Å². The molecule has 1 aliphatic rings. The van der Waals surface area contributed by atoms with E-state index in [0.29, 0.717) is 11.6 Å². The minimum absolute atomic E-state index is 0. The van der Waals surface area contributed by atoms with Gasteiger partial charge in [-0.2, -0.15) is 0 Å². The van der Waals surface area contributed by atoms with Crippen molar-refractivity contribution in [3.05, 3.63) is 30.1 Å². The Bertz CT molecular complexity index is 373. The van der Waals surface area contributed by atoms with E-state index < -0.39 is 0 Å². The molecule has 1 saturated heterocycles. The molecule has 2 heterocycles. The summed E-state index contributed by atoms with van der Waals surface area (Å²) in [4.78, 5) is 18.0. The highest BCUT2D eigenvalue weighted by Gasteiger charge is 2.29. The third kappa shape index (κ3) is 3.83. The first-order chi connectivity index (χ1) is 7.68. The number of rotatable bonds is 2. The van der Waals surface area contributed by atoms with Gasteiger partial charge in [-0.15, -0.1) is 24.8 Å². The van der Waals surface area contributed by atoms with Crippen molar-refractivity contribution in [2.45, 2.75) is 19.4 Å². The van der Waals surface area contributed by atoms with Gasteiger partial charge in [-0.3, -0.25) is 9.78 Å². The maximum Gasteiger partial charge on any atom is 0.272 e. The van der Waals surface area contributed by atoms with E-state index in [-0.39, 0.29) is 36.8 Å². The summed E-state index contributed by atoms with van der Waals surface area (Å²) in [6.07, 6.45) is 2.64. The maximum absolute atomic E-state index is 12.0. The highest BCUT2D eigenvalue weighted by atomic mass is 35.5. The summed E-state index contributed by atoms with van der Waals surface area (Å²) < 4.78 is 0. The summed E-state index contributed by atoms with van der Waals surface area (Å²) in [6.45, 7) is 3.55. The minimum Gasteiger partial charge on any atom is -0.337 e. The molecule has 102 valence electrons. The van der Waals surface area contributed by atoms with E-state index in [2.05, 4.69) is 4.98 Å². The molecule has 0 bridgehead atoms. The molecule has 2 rings (SSSR count). The number of aromatic nitrogens is 1. The molecule has 0 saturated carbocycles. The Labute approximate surface area is 120 Å². The number of hydrogen-bond donors (Lipinski definition) is 1. The zero-order chi connectivity index (χ0) is 11.5. The van der Waals surface area contributed by atoms with Crippen LogP contribution in [0.15, 0.2) is 24.4 Å². The van der Waals surface area contributed by atoms with Gasteiger partial charge in [-0.1, -0.05) is 6.07 Å². The molecule has 2 atom stereocenters. The van der Waals surface area contributed by atoms with Gasteiger partial charge in [-0.05, 0) is 31.4 Å². The molecule has 2 N–H and O–H groups in total. The molecule has 4 nitrogen and oxygen atoms in total. The van der Waals surface area contributed by atoms with Crippen LogP contribution in [0.5, 0.6) is 0 Å². The van der Waals surface area contributed by atoms with Crippen molar-refractivity contribution >= 4 is 30.7 Å². The molecule has 0 aromatic carbocycles. The Morgan fingerprint density at radius 2 is 2.22 bits per heavy atom. The van der Waals surface area contributed by atoms with Crippen LogP contribution in [0.3, 0.4) is 0 Å². The summed E-state index contributed by atoms with van der Waals surface area (Å²) in [6, 6.07) is 5.55. The Morgan fingerprint density at radius 1 is 1.50 bits per heavy atom. The average molecular weight is 292 g/mol. The molecular weight excluding hydrogens is 273 g/mol. The van der Waals surface area contributed by atoms with Crippen LogP contribution in [0.4, 0.5) is 0 Å². The minimum atomic E-state index is 0. The van der Waals surface area contributed by atoms with Crippen LogP contribution in [0.2, 0.25) is 0 Å². The molecule has 1 fully saturated rings. The van der Waals surface area contributed by atoms with Gasteiger partial charge >= 0.3 is 0 Å². The normalized spacial score (nSPS) is 19.7. The second kappa shape index (κ2) is 7.56. The molecule has 1 amide bonds. The van der Waals surface area contributed by atoms with Crippen molar-refractivity contribution in [1.82, 2.24) is 9.88 Å². The third-order valence-corrected chi connectivity index (χ3v) is 3.14. The summed E-state index contributed by atoms with van der Waals surface area (Å²) in [7, 11) is 0. The van der Waals surface area contributed by atoms with E-state index in [4.69, 9.17) is 5.73 Å². The highest BCUT2D eigenvalue weighted by molar-refractivity contribution is 5.92. The SMILES string of the molecule is CC(N)C1CCN(C(=O)c2ccccn2)C1.Cl.Cl. The maximum atomic E-state index is 12.0. The number of hydrogen-bond acceptors (Lipinski definition) is 3. The van der Waals surface area contributed by atoms with Gasteiger partial charge in [0.25, 0.3) is 5.91 Å². The largest absolute Gasteiger partial charge is 0.337 e. The monoisotopic (exact) mass is 291 g/mol. The molecule has 18 heavy (non-hydrogen) atoms. The lowest BCUT2D eigenvalue weighted by Gasteiger charge is -2.17. The lowest BCUT2D eigenvalue weighted by Crippen LogP contribution is -2.33. The predicted molar refractivity (Wildman–Crippen MR) is 76.4 cm³/mol. The molecule has 0 aliphatic carbocycles. The van der Waals surface area contributed by atoms with Gasteiger partial charge < -0.3 is 10.6 Å². The van der Waals surface area contributed by atoms with Crippen LogP contribution in [0, 0.1) is 5.92 Å². The quantitative estimate of drug-likeness (QED) is 0.903. The van der Waals surface area contributed by atoms with E-state index >= 15 is 0 Å². The van der Waals surface area contributed by atoms with Gasteiger partial charge in [0.15, 0.2) is 0 Å². The van der Waals surface area contributed by atoms with E-state index in [9.17, 15) is 4.79 Å². The van der Waals surface area contributed by atoms with Gasteiger partial charge in [0, 0.05) is 25.3 Å². The van der Waals surface area contributed by atoms with E-state index in [1.165, 1.54) is 0 Å². The molecule has 1 aliphatic heterocycles. The summed E-state index contributed by atoms with van der Waals surface area (Å²) in [5, 5.41) is 0. The van der Waals surface area contributed by atoms with Crippen molar-refractivity contribution in [2.75, 3.05) is 13.1 Å². The second-order valence-electron chi connectivity index (χ2n) is 4.37. The fraction of sp³-hybridized carbons (Fsp3) is 0.500. The number of nitrogens with two attached hydrogens (primary N) is 1. The van der Waals surface area contributed by atoms with Crippen LogP contribution < -0.4 is 5.73 Å². The van der Waals surface area contributed by atoms with Crippen molar-refractivity contribution in [3.8, 4) is 0 Å². The summed E-state index contributed by atoms with van der Waals surface area (Å²) >= 11 is 0. The van der Waals surface area contributed by atoms with Crippen molar-refractivity contribution in [2.24, 2.45) is 11.7 Å². The Hall–Kier alpha value is -0.840. The van der Waals surface area contributed by atoms with E-state index in [1.807, 2.05) is 24.0 Å². The number of halogens is 2. The lowest BCUT2D eigenvalue weighted by atomic mass is 10.0. The number of carbonyl (C=O) groups is 1. The number of likely N-dealkylation sites (tertiary alicyclic amines) is 1. The van der Waals surface area contributed by atoms with Crippen LogP contribution in [0.1, 0.15) is 23.8 Å². The fourth-order valence-electron chi connectivity index (χ4n) is 2.05. The van der Waals surface area contributed by atoms with Crippen LogP contribution in [-0.2, 0) is 0 Å². The van der Waals surface area contributed by atoms with Gasteiger partial charge in [0.05, 0.1) is 0 Å². The van der Waals surface area contributed by atoms with Gasteiger partial charge in [-0.25, -0.2) is 0 Å². The van der Waals surface area contributed by atoms with Crippen LogP contribution >= 0.6 is 24.8 Å². The van der Waals surface area contributed by atoms with Gasteiger partial charge in [0.1, 0.15) is 5.69 Å². The molecule has 1 aromatic rings. The Morgan fingerprint density at radius 3 is 2.72 bits per heavy atom. The standard InChI is InChI=1S/C12H17N3O.2ClH/c1-9(13)10-5-7-15(8-10)12(16)11-4-2-3-6-14-11;;/h2-4,6,9-10H,5,7-8,13H2,1H3;2*1H. The van der Waals surface area contributed by atoms with Crippen molar-refractivity contribution in [3.63, 3.8) is 0 Å². The van der Waals surface area contributed by atoms with Crippen LogP contribution in [0.25, 0.3) is 0 Å². The van der Waals surface area contributed by atoms with Crippen LogP contribution in [-0.4, -0.2) is 34.9 Å². The summed E-state index contributed by atoms with van der Waals surface area (Å²) in [5.74, 6) is 0.441. The zero-order valence-electron chi connectivity index (χ0n) is 10.3. The van der Waals surface area contributed by atoms with Gasteiger partial charge in [0.2, 0.25) is 0 Å². The first kappa shape index (κ1) is 17.2. The van der Waals surface area contributed by atoms with E-state index in [1.54, 1.807) is 12.3 Å². The Kier molecular flexibility index (Phi) is 7.21. The first-order valence-corrected chi connectivity index (χ1v) is 5.64.